The lowest BCUT2D eigenvalue weighted by molar-refractivity contribution is 0.112. The van der Waals surface area contributed by atoms with Gasteiger partial charge in [0, 0.05) is 16.5 Å². The van der Waals surface area contributed by atoms with Crippen LogP contribution in [0.5, 0.6) is 5.75 Å². The molecule has 0 radical (unpaired) electrons. The molecule has 0 N–H and O–H groups in total. The molecule has 0 amide bonds. The summed E-state index contributed by atoms with van der Waals surface area (Å²) in [6.45, 7) is 11.6. The van der Waals surface area contributed by atoms with Crippen molar-refractivity contribution in [3.63, 3.8) is 0 Å². The van der Waals surface area contributed by atoms with E-state index in [2.05, 4.69) is 34.6 Å². The summed E-state index contributed by atoms with van der Waals surface area (Å²) in [7, 11) is 1.60. The average molecular weight is 288 g/mol. The van der Waals surface area contributed by atoms with Crippen LogP contribution in [0.3, 0.4) is 0 Å². The molecular formula is C18H24O3. The van der Waals surface area contributed by atoms with Crippen molar-refractivity contribution in [1.29, 1.82) is 0 Å². The second kappa shape index (κ2) is 5.21. The largest absolute Gasteiger partial charge is 0.497 e. The van der Waals surface area contributed by atoms with Crippen LogP contribution in [0.25, 0.3) is 5.76 Å². The first-order valence-corrected chi connectivity index (χ1v) is 7.22. The third kappa shape index (κ3) is 2.97. The molecule has 3 nitrogen and oxygen atoms in total. The maximum atomic E-state index is 11.1. The molecule has 0 atom stereocenters. The van der Waals surface area contributed by atoms with Crippen LogP contribution >= 0.6 is 0 Å². The Hall–Kier alpha value is -1.77. The van der Waals surface area contributed by atoms with E-state index in [-0.39, 0.29) is 10.8 Å². The molecule has 3 heteroatoms. The van der Waals surface area contributed by atoms with E-state index in [1.54, 1.807) is 13.2 Å². The summed E-state index contributed by atoms with van der Waals surface area (Å²) in [6.07, 6.45) is 0.837. The number of hydrogen-bond acceptors (Lipinski definition) is 3. The Kier molecular flexibility index (Phi) is 3.87. The van der Waals surface area contributed by atoms with Gasteiger partial charge >= 0.3 is 0 Å². The van der Waals surface area contributed by atoms with E-state index in [1.165, 1.54) is 5.57 Å². The number of carbonyl (C=O) groups is 1. The molecule has 1 heterocycles. The second-order valence-electron chi connectivity index (χ2n) is 7.24. The standard InChI is InChI=1S/C18H24O3/c1-17(2,3)16-15(21-11-18(16,4)5)13-7-12(10-19)8-14(9-13)20-6/h7-10H,11H2,1-6H3. The molecule has 0 bridgehead atoms. The molecule has 1 aliphatic rings. The van der Waals surface area contributed by atoms with Crippen LogP contribution in [0.15, 0.2) is 23.8 Å². The highest BCUT2D eigenvalue weighted by Gasteiger charge is 2.41. The van der Waals surface area contributed by atoms with Crippen molar-refractivity contribution in [3.8, 4) is 5.75 Å². The molecule has 0 aromatic heterocycles. The zero-order valence-electron chi connectivity index (χ0n) is 13.7. The number of benzene rings is 1. The number of ether oxygens (including phenoxy) is 2. The quantitative estimate of drug-likeness (QED) is 0.777. The minimum atomic E-state index is -0.0159. The van der Waals surface area contributed by atoms with Crippen molar-refractivity contribution in [2.45, 2.75) is 34.6 Å². The van der Waals surface area contributed by atoms with E-state index in [9.17, 15) is 4.79 Å². The van der Waals surface area contributed by atoms with Crippen LogP contribution in [-0.4, -0.2) is 20.0 Å². The summed E-state index contributed by atoms with van der Waals surface area (Å²) >= 11 is 0. The van der Waals surface area contributed by atoms with Crippen molar-refractivity contribution >= 4 is 12.0 Å². The summed E-state index contributed by atoms with van der Waals surface area (Å²) in [6, 6.07) is 5.52. The zero-order valence-corrected chi connectivity index (χ0v) is 13.7. The van der Waals surface area contributed by atoms with Crippen molar-refractivity contribution in [2.24, 2.45) is 10.8 Å². The van der Waals surface area contributed by atoms with Gasteiger partial charge in [0.25, 0.3) is 0 Å². The van der Waals surface area contributed by atoms with E-state index in [1.807, 2.05) is 12.1 Å². The van der Waals surface area contributed by atoms with Crippen LogP contribution in [0, 0.1) is 10.8 Å². The molecule has 0 saturated carbocycles. The smallest absolute Gasteiger partial charge is 0.150 e. The first kappa shape index (κ1) is 15.6. The lowest BCUT2D eigenvalue weighted by Gasteiger charge is -2.30. The van der Waals surface area contributed by atoms with Gasteiger partial charge in [-0.1, -0.05) is 34.6 Å². The Bertz CT molecular complexity index is 589. The van der Waals surface area contributed by atoms with Gasteiger partial charge in [0.05, 0.1) is 13.7 Å². The van der Waals surface area contributed by atoms with Gasteiger partial charge in [-0.25, -0.2) is 0 Å². The Labute approximate surface area is 127 Å². The number of rotatable bonds is 3. The summed E-state index contributed by atoms with van der Waals surface area (Å²) in [5, 5.41) is 0. The predicted molar refractivity (Wildman–Crippen MR) is 84.5 cm³/mol. The molecule has 2 rings (SSSR count). The first-order valence-electron chi connectivity index (χ1n) is 7.22. The van der Waals surface area contributed by atoms with E-state index in [4.69, 9.17) is 9.47 Å². The fourth-order valence-electron chi connectivity index (χ4n) is 3.23. The highest BCUT2D eigenvalue weighted by atomic mass is 16.5. The van der Waals surface area contributed by atoms with Gasteiger partial charge in [0.2, 0.25) is 0 Å². The molecule has 0 spiro atoms. The molecule has 1 aromatic rings. The van der Waals surface area contributed by atoms with Gasteiger partial charge in [-0.05, 0) is 29.2 Å². The molecule has 1 aliphatic heterocycles. The topological polar surface area (TPSA) is 35.5 Å². The summed E-state index contributed by atoms with van der Waals surface area (Å²) in [5.74, 6) is 1.55. The second-order valence-corrected chi connectivity index (χ2v) is 7.24. The van der Waals surface area contributed by atoms with Gasteiger partial charge in [-0.15, -0.1) is 0 Å². The lowest BCUT2D eigenvalue weighted by Crippen LogP contribution is -2.24. The predicted octanol–water partition coefficient (Wildman–Crippen LogP) is 4.32. The van der Waals surface area contributed by atoms with Crippen molar-refractivity contribution in [3.05, 3.63) is 34.9 Å². The highest BCUT2D eigenvalue weighted by Crippen LogP contribution is 2.49. The zero-order chi connectivity index (χ0) is 15.8. The third-order valence-electron chi connectivity index (χ3n) is 3.79. The minimum Gasteiger partial charge on any atom is -0.497 e. The van der Waals surface area contributed by atoms with Gasteiger partial charge in [0.15, 0.2) is 0 Å². The molecule has 114 valence electrons. The van der Waals surface area contributed by atoms with Crippen LogP contribution < -0.4 is 4.74 Å². The first-order chi connectivity index (χ1) is 9.69. The number of carbonyl (C=O) groups excluding carboxylic acids is 1. The normalized spacial score (nSPS) is 17.6. The molecule has 0 saturated heterocycles. The fraction of sp³-hybridized carbons (Fsp3) is 0.500. The van der Waals surface area contributed by atoms with Gasteiger partial charge in [-0.2, -0.15) is 0 Å². The van der Waals surface area contributed by atoms with E-state index >= 15 is 0 Å². The van der Waals surface area contributed by atoms with Crippen LogP contribution in [0.2, 0.25) is 0 Å². The summed E-state index contributed by atoms with van der Waals surface area (Å²) < 4.78 is 11.3. The van der Waals surface area contributed by atoms with Gasteiger partial charge < -0.3 is 9.47 Å². The van der Waals surface area contributed by atoms with E-state index in [0.717, 1.165) is 17.6 Å². The SMILES string of the molecule is COc1cc(C=O)cc(C2=C(C(C)(C)C)C(C)(C)CO2)c1. The molecule has 21 heavy (non-hydrogen) atoms. The fourth-order valence-corrected chi connectivity index (χ4v) is 3.23. The molecular weight excluding hydrogens is 264 g/mol. The Balaban J connectivity index is 2.66. The monoisotopic (exact) mass is 288 g/mol. The van der Waals surface area contributed by atoms with Crippen molar-refractivity contribution < 1.29 is 14.3 Å². The lowest BCUT2D eigenvalue weighted by atomic mass is 9.71. The van der Waals surface area contributed by atoms with Crippen LogP contribution in [-0.2, 0) is 4.74 Å². The highest BCUT2D eigenvalue weighted by molar-refractivity contribution is 5.79. The number of methoxy groups -OCH3 is 1. The Morgan fingerprint density at radius 3 is 2.43 bits per heavy atom. The van der Waals surface area contributed by atoms with Crippen LogP contribution in [0.4, 0.5) is 0 Å². The maximum Gasteiger partial charge on any atom is 0.150 e. The maximum absolute atomic E-state index is 11.1. The molecule has 1 aromatic carbocycles. The Morgan fingerprint density at radius 1 is 1.24 bits per heavy atom. The minimum absolute atomic E-state index is 0.000246. The van der Waals surface area contributed by atoms with Gasteiger partial charge in [0.1, 0.15) is 17.8 Å². The molecule has 0 fully saturated rings. The number of hydrogen-bond donors (Lipinski definition) is 0. The van der Waals surface area contributed by atoms with E-state index < -0.39 is 0 Å². The average Bonchev–Trinajstić information content (AvgIpc) is 2.73. The van der Waals surface area contributed by atoms with Crippen molar-refractivity contribution in [1.82, 2.24) is 0 Å². The number of aldehydes is 1. The van der Waals surface area contributed by atoms with Gasteiger partial charge in [-0.3, -0.25) is 4.79 Å². The molecule has 0 aliphatic carbocycles. The Morgan fingerprint density at radius 2 is 1.90 bits per heavy atom. The molecule has 0 unspecified atom stereocenters. The van der Waals surface area contributed by atoms with Crippen LogP contribution in [0.1, 0.15) is 50.5 Å². The summed E-state index contributed by atoms with van der Waals surface area (Å²) in [5.41, 5.74) is 2.77. The van der Waals surface area contributed by atoms with E-state index in [0.29, 0.717) is 17.9 Å². The summed E-state index contributed by atoms with van der Waals surface area (Å²) in [4.78, 5) is 11.1. The third-order valence-corrected chi connectivity index (χ3v) is 3.79. The van der Waals surface area contributed by atoms with Crippen molar-refractivity contribution in [2.75, 3.05) is 13.7 Å².